The number of nitrogens with one attached hydrogen (secondary N) is 1. The summed E-state index contributed by atoms with van der Waals surface area (Å²) in [6.07, 6.45) is 0. The number of benzene rings is 1. The van der Waals surface area contributed by atoms with E-state index in [1.54, 1.807) is 22.7 Å². The highest BCUT2D eigenvalue weighted by atomic mass is 32.1. The zero-order chi connectivity index (χ0) is 14.4. The largest absolute Gasteiger partial charge is 0.325 e. The van der Waals surface area contributed by atoms with Gasteiger partial charge < -0.3 is 5.32 Å². The first-order valence-corrected chi connectivity index (χ1v) is 8.48. The highest BCUT2D eigenvalue weighted by Gasteiger charge is 2.26. The number of thiophene rings is 1. The Labute approximate surface area is 130 Å². The molecule has 21 heavy (non-hydrogen) atoms. The third kappa shape index (κ3) is 2.09. The van der Waals surface area contributed by atoms with Crippen molar-refractivity contribution in [2.24, 2.45) is 0 Å². The molecule has 1 aromatic carbocycles. The Kier molecular flexibility index (Phi) is 2.90. The first-order valence-electron chi connectivity index (χ1n) is 6.65. The third-order valence-electron chi connectivity index (χ3n) is 3.74. The minimum absolute atomic E-state index is 0.0689. The van der Waals surface area contributed by atoms with Crippen molar-refractivity contribution in [2.45, 2.75) is 12.8 Å². The summed E-state index contributed by atoms with van der Waals surface area (Å²) >= 11 is 3.33. The molecule has 0 spiro atoms. The van der Waals surface area contributed by atoms with E-state index in [2.05, 4.69) is 33.6 Å². The number of anilines is 1. The zero-order valence-corrected chi connectivity index (χ0v) is 12.9. The standard InChI is InChI=1S/C16H12N2OS2/c1-9-12-6-10(2-3-13(12)17-15(9)19)14-8-21-16(18-14)11-4-5-20-7-11/h2-9H,1H3,(H,17,19)/t9-/m0/s1. The molecule has 5 heteroatoms. The minimum Gasteiger partial charge on any atom is -0.325 e. The van der Waals surface area contributed by atoms with Crippen LogP contribution in [-0.4, -0.2) is 10.9 Å². The first-order chi connectivity index (χ1) is 10.2. The van der Waals surface area contributed by atoms with Crippen molar-refractivity contribution in [2.75, 3.05) is 5.32 Å². The van der Waals surface area contributed by atoms with Crippen LogP contribution in [0, 0.1) is 0 Å². The van der Waals surface area contributed by atoms with Crippen LogP contribution in [-0.2, 0) is 4.79 Å². The van der Waals surface area contributed by atoms with Gasteiger partial charge in [0.25, 0.3) is 0 Å². The number of amides is 1. The van der Waals surface area contributed by atoms with E-state index in [0.717, 1.165) is 27.5 Å². The molecule has 0 fully saturated rings. The van der Waals surface area contributed by atoms with E-state index >= 15 is 0 Å². The van der Waals surface area contributed by atoms with Gasteiger partial charge in [-0.15, -0.1) is 11.3 Å². The summed E-state index contributed by atoms with van der Waals surface area (Å²) in [6.45, 7) is 1.93. The highest BCUT2D eigenvalue weighted by molar-refractivity contribution is 7.14. The topological polar surface area (TPSA) is 42.0 Å². The van der Waals surface area contributed by atoms with Crippen molar-refractivity contribution in [3.8, 4) is 21.8 Å². The van der Waals surface area contributed by atoms with Crippen LogP contribution >= 0.6 is 22.7 Å². The number of fused-ring (bicyclic) bond motifs is 1. The van der Waals surface area contributed by atoms with Crippen molar-refractivity contribution >= 4 is 34.3 Å². The zero-order valence-electron chi connectivity index (χ0n) is 11.3. The third-order valence-corrected chi connectivity index (χ3v) is 5.31. The lowest BCUT2D eigenvalue weighted by Gasteiger charge is -2.03. The van der Waals surface area contributed by atoms with Crippen LogP contribution in [0.5, 0.6) is 0 Å². The fourth-order valence-corrected chi connectivity index (χ4v) is 4.04. The smallest absolute Gasteiger partial charge is 0.231 e. The fraction of sp³-hybridized carbons (Fsp3) is 0.125. The molecule has 0 saturated carbocycles. The maximum Gasteiger partial charge on any atom is 0.231 e. The number of thiazole rings is 1. The molecule has 3 nitrogen and oxygen atoms in total. The molecule has 1 aliphatic rings. The monoisotopic (exact) mass is 312 g/mol. The second-order valence-corrected chi connectivity index (χ2v) is 6.70. The van der Waals surface area contributed by atoms with Crippen molar-refractivity contribution < 1.29 is 4.79 Å². The average molecular weight is 312 g/mol. The predicted octanol–water partition coefficient (Wildman–Crippen LogP) is 4.59. The van der Waals surface area contributed by atoms with E-state index in [4.69, 9.17) is 4.98 Å². The molecule has 0 aliphatic carbocycles. The molecular formula is C16H12N2OS2. The van der Waals surface area contributed by atoms with Gasteiger partial charge in [-0.05, 0) is 36.1 Å². The molecule has 0 bridgehead atoms. The molecular weight excluding hydrogens is 300 g/mol. The minimum atomic E-state index is -0.0880. The van der Waals surface area contributed by atoms with E-state index in [1.807, 2.05) is 19.1 Å². The second kappa shape index (κ2) is 4.79. The maximum atomic E-state index is 11.7. The molecule has 1 N–H and O–H groups in total. The molecule has 1 amide bonds. The van der Waals surface area contributed by atoms with Crippen LogP contribution in [0.15, 0.2) is 40.4 Å². The van der Waals surface area contributed by atoms with Crippen molar-refractivity contribution in [1.82, 2.24) is 4.98 Å². The van der Waals surface area contributed by atoms with Gasteiger partial charge in [0.2, 0.25) is 5.91 Å². The number of nitrogens with zero attached hydrogens (tertiary/aromatic N) is 1. The summed E-state index contributed by atoms with van der Waals surface area (Å²) in [4.78, 5) is 16.4. The fourth-order valence-electron chi connectivity index (χ4n) is 2.50. The SMILES string of the molecule is C[C@@H]1C(=O)Nc2ccc(-c3csc(-c4ccsc4)n3)cc21. The molecule has 0 radical (unpaired) electrons. The van der Waals surface area contributed by atoms with Crippen LogP contribution in [0.3, 0.4) is 0 Å². The number of carbonyl (C=O) groups excluding carboxylic acids is 1. The Bertz CT molecular complexity index is 821. The van der Waals surface area contributed by atoms with Gasteiger partial charge >= 0.3 is 0 Å². The lowest BCUT2D eigenvalue weighted by Crippen LogP contribution is -2.08. The summed E-state index contributed by atoms with van der Waals surface area (Å²) in [5.41, 5.74) is 5.18. The van der Waals surface area contributed by atoms with Gasteiger partial charge in [-0.25, -0.2) is 4.98 Å². The van der Waals surface area contributed by atoms with Gasteiger partial charge in [0, 0.05) is 27.6 Å². The average Bonchev–Trinajstić information content (AvgIpc) is 3.20. The van der Waals surface area contributed by atoms with Gasteiger partial charge in [-0.1, -0.05) is 6.07 Å². The Hall–Kier alpha value is -1.98. The predicted molar refractivity (Wildman–Crippen MR) is 87.9 cm³/mol. The Balaban J connectivity index is 1.74. The van der Waals surface area contributed by atoms with Crippen LogP contribution in [0.1, 0.15) is 18.4 Å². The van der Waals surface area contributed by atoms with Crippen LogP contribution < -0.4 is 5.32 Å². The number of carbonyl (C=O) groups is 1. The molecule has 4 rings (SSSR count). The first kappa shape index (κ1) is 12.7. The molecule has 104 valence electrons. The Morgan fingerprint density at radius 3 is 2.90 bits per heavy atom. The quantitative estimate of drug-likeness (QED) is 0.751. The van der Waals surface area contributed by atoms with E-state index in [9.17, 15) is 4.79 Å². The Morgan fingerprint density at radius 1 is 1.19 bits per heavy atom. The molecule has 1 atom stereocenters. The van der Waals surface area contributed by atoms with Crippen LogP contribution in [0.4, 0.5) is 5.69 Å². The van der Waals surface area contributed by atoms with Crippen LogP contribution in [0.25, 0.3) is 21.8 Å². The molecule has 0 unspecified atom stereocenters. The lowest BCUT2D eigenvalue weighted by molar-refractivity contribution is -0.116. The molecule has 3 heterocycles. The van der Waals surface area contributed by atoms with E-state index in [1.165, 1.54) is 5.56 Å². The summed E-state index contributed by atoms with van der Waals surface area (Å²) in [5.74, 6) is -0.0191. The number of aromatic nitrogens is 1. The van der Waals surface area contributed by atoms with Crippen LogP contribution in [0.2, 0.25) is 0 Å². The van der Waals surface area contributed by atoms with Crippen molar-refractivity contribution in [3.63, 3.8) is 0 Å². The highest BCUT2D eigenvalue weighted by Crippen LogP contribution is 2.36. The number of hydrogen-bond donors (Lipinski definition) is 1. The van der Waals surface area contributed by atoms with Crippen molar-refractivity contribution in [1.29, 1.82) is 0 Å². The van der Waals surface area contributed by atoms with Gasteiger partial charge in [0.05, 0.1) is 11.6 Å². The molecule has 3 aromatic rings. The van der Waals surface area contributed by atoms with Gasteiger partial charge in [-0.3, -0.25) is 4.79 Å². The van der Waals surface area contributed by atoms with E-state index in [-0.39, 0.29) is 11.8 Å². The Morgan fingerprint density at radius 2 is 2.10 bits per heavy atom. The summed E-state index contributed by atoms with van der Waals surface area (Å²) in [5, 5.41) is 10.2. The van der Waals surface area contributed by atoms with Gasteiger partial charge in [0.15, 0.2) is 0 Å². The molecule has 2 aromatic heterocycles. The van der Waals surface area contributed by atoms with E-state index in [0.29, 0.717) is 0 Å². The summed E-state index contributed by atoms with van der Waals surface area (Å²) in [6, 6.07) is 8.14. The number of hydrogen-bond acceptors (Lipinski definition) is 4. The lowest BCUT2D eigenvalue weighted by atomic mass is 10.00. The summed E-state index contributed by atoms with van der Waals surface area (Å²) in [7, 11) is 0. The molecule has 0 saturated heterocycles. The summed E-state index contributed by atoms with van der Waals surface area (Å²) < 4.78 is 0. The van der Waals surface area contributed by atoms with E-state index < -0.39 is 0 Å². The normalized spacial score (nSPS) is 16.8. The molecule has 1 aliphatic heterocycles. The maximum absolute atomic E-state index is 11.7. The van der Waals surface area contributed by atoms with Gasteiger partial charge in [0.1, 0.15) is 5.01 Å². The van der Waals surface area contributed by atoms with Crippen molar-refractivity contribution in [3.05, 3.63) is 46.0 Å². The van der Waals surface area contributed by atoms with Gasteiger partial charge in [-0.2, -0.15) is 11.3 Å². The number of rotatable bonds is 2. The second-order valence-electron chi connectivity index (χ2n) is 5.06.